The Morgan fingerprint density at radius 3 is 2.41 bits per heavy atom. The summed E-state index contributed by atoms with van der Waals surface area (Å²) in [6.45, 7) is 1.98. The topological polar surface area (TPSA) is 73.9 Å². The van der Waals surface area contributed by atoms with Crippen molar-refractivity contribution in [2.75, 3.05) is 26.1 Å². The van der Waals surface area contributed by atoms with E-state index >= 15 is 0 Å². The number of anilines is 1. The Labute approximate surface area is 196 Å². The van der Waals surface area contributed by atoms with Gasteiger partial charge in [-0.3, -0.25) is 4.79 Å². The highest BCUT2D eigenvalue weighted by Gasteiger charge is 2.22. The highest BCUT2D eigenvalue weighted by molar-refractivity contribution is 7.15. The number of amides is 1. The molecule has 32 heavy (non-hydrogen) atoms. The first-order chi connectivity index (χ1) is 15.5. The van der Waals surface area contributed by atoms with Crippen LogP contribution in [-0.2, 0) is 16.0 Å². The number of carbonyl (C=O) groups excluding carboxylic acids is 2. The molecule has 0 fully saturated rings. The van der Waals surface area contributed by atoms with Crippen molar-refractivity contribution in [3.05, 3.63) is 64.0 Å². The molecular weight excluding hydrogens is 450 g/mol. The maximum Gasteiger partial charge on any atom is 0.341 e. The molecule has 3 rings (SSSR count). The number of carbonyl (C=O) groups is 2. The Balaban J connectivity index is 1.77. The smallest absolute Gasteiger partial charge is 0.341 e. The summed E-state index contributed by atoms with van der Waals surface area (Å²) in [6, 6.07) is 12.7. The van der Waals surface area contributed by atoms with Crippen LogP contribution in [0.25, 0.3) is 11.1 Å². The van der Waals surface area contributed by atoms with E-state index in [4.69, 9.17) is 25.8 Å². The van der Waals surface area contributed by atoms with Gasteiger partial charge in [0.25, 0.3) is 0 Å². The molecule has 0 spiro atoms. The summed E-state index contributed by atoms with van der Waals surface area (Å²) in [5.74, 6) is 0.567. The molecule has 1 N–H and O–H groups in total. The fourth-order valence-corrected chi connectivity index (χ4v) is 4.28. The van der Waals surface area contributed by atoms with Gasteiger partial charge in [-0.25, -0.2) is 4.79 Å². The molecule has 6 nitrogen and oxygen atoms in total. The molecule has 0 aliphatic carbocycles. The lowest BCUT2D eigenvalue weighted by Gasteiger charge is -2.10. The van der Waals surface area contributed by atoms with Crippen molar-refractivity contribution in [2.24, 2.45) is 0 Å². The second-order valence-corrected chi connectivity index (χ2v) is 8.13. The molecule has 2 aromatic carbocycles. The van der Waals surface area contributed by atoms with Crippen LogP contribution >= 0.6 is 22.9 Å². The van der Waals surface area contributed by atoms with Gasteiger partial charge in [-0.2, -0.15) is 0 Å². The summed E-state index contributed by atoms with van der Waals surface area (Å²) in [6.07, 6.45) is 0.752. The van der Waals surface area contributed by atoms with Gasteiger partial charge in [0.05, 0.1) is 20.8 Å². The Morgan fingerprint density at radius 1 is 1.03 bits per heavy atom. The molecule has 0 saturated heterocycles. The second-order valence-electron chi connectivity index (χ2n) is 6.82. The summed E-state index contributed by atoms with van der Waals surface area (Å²) in [4.78, 5) is 25.3. The van der Waals surface area contributed by atoms with E-state index in [9.17, 15) is 9.59 Å². The number of hydrogen-bond donors (Lipinski definition) is 1. The van der Waals surface area contributed by atoms with E-state index in [1.807, 2.05) is 35.7 Å². The van der Waals surface area contributed by atoms with Crippen LogP contribution in [0.15, 0.2) is 47.8 Å². The van der Waals surface area contributed by atoms with Crippen molar-refractivity contribution >= 4 is 39.8 Å². The quantitative estimate of drug-likeness (QED) is 0.395. The third kappa shape index (κ3) is 5.60. The minimum Gasteiger partial charge on any atom is -0.493 e. The van der Waals surface area contributed by atoms with Gasteiger partial charge in [0.15, 0.2) is 11.5 Å². The summed E-state index contributed by atoms with van der Waals surface area (Å²) < 4.78 is 15.8. The zero-order chi connectivity index (χ0) is 23.1. The summed E-state index contributed by atoms with van der Waals surface area (Å²) in [7, 11) is 3.14. The monoisotopic (exact) mass is 473 g/mol. The van der Waals surface area contributed by atoms with Crippen LogP contribution in [0.3, 0.4) is 0 Å². The number of ether oxygens (including phenoxy) is 3. The number of aryl methyl sites for hydroxylation is 1. The maximum atomic E-state index is 12.7. The Bertz CT molecular complexity index is 1090. The van der Waals surface area contributed by atoms with Crippen molar-refractivity contribution in [3.63, 3.8) is 0 Å². The Hall–Kier alpha value is -3.03. The Morgan fingerprint density at radius 2 is 1.75 bits per heavy atom. The predicted molar refractivity (Wildman–Crippen MR) is 127 cm³/mol. The van der Waals surface area contributed by atoms with E-state index in [1.165, 1.54) is 11.3 Å². The van der Waals surface area contributed by atoms with Crippen molar-refractivity contribution in [1.82, 2.24) is 0 Å². The number of esters is 1. The number of nitrogens with one attached hydrogen (secondary N) is 1. The van der Waals surface area contributed by atoms with Crippen LogP contribution in [0, 0.1) is 0 Å². The number of thiophene rings is 1. The SMILES string of the molecule is CCOC(=O)c1c(-c2ccc(Cl)cc2)csc1NC(=O)CCc1ccc(OC)c(OC)c1. The summed E-state index contributed by atoms with van der Waals surface area (Å²) in [5.41, 5.74) is 2.80. The van der Waals surface area contributed by atoms with Gasteiger partial charge in [-0.1, -0.05) is 29.8 Å². The lowest BCUT2D eigenvalue weighted by molar-refractivity contribution is -0.116. The number of rotatable bonds is 9. The Kier molecular flexibility index (Phi) is 8.14. The average molecular weight is 474 g/mol. The molecule has 0 unspecified atom stereocenters. The summed E-state index contributed by atoms with van der Waals surface area (Å²) >= 11 is 7.27. The van der Waals surface area contributed by atoms with Crippen LogP contribution < -0.4 is 14.8 Å². The number of methoxy groups -OCH3 is 2. The van der Waals surface area contributed by atoms with Crippen molar-refractivity contribution in [3.8, 4) is 22.6 Å². The zero-order valence-corrected chi connectivity index (χ0v) is 19.6. The highest BCUT2D eigenvalue weighted by Crippen LogP contribution is 2.37. The first kappa shape index (κ1) is 23.6. The van der Waals surface area contributed by atoms with Crippen molar-refractivity contribution in [2.45, 2.75) is 19.8 Å². The van der Waals surface area contributed by atoms with Crippen molar-refractivity contribution < 1.29 is 23.8 Å². The molecule has 3 aromatic rings. The van der Waals surface area contributed by atoms with Gasteiger partial charge in [-0.15, -0.1) is 11.3 Å². The molecule has 0 aliphatic heterocycles. The van der Waals surface area contributed by atoms with Gasteiger partial charge in [0, 0.05) is 22.4 Å². The zero-order valence-electron chi connectivity index (χ0n) is 18.1. The molecule has 0 aliphatic rings. The van der Waals surface area contributed by atoms with Gasteiger partial charge >= 0.3 is 5.97 Å². The molecule has 8 heteroatoms. The first-order valence-corrected chi connectivity index (χ1v) is 11.3. The standard InChI is InChI=1S/C24H24ClNO5S/c1-4-31-24(28)22-18(16-7-9-17(25)10-8-16)14-32-23(22)26-21(27)12-6-15-5-11-19(29-2)20(13-15)30-3/h5,7-11,13-14H,4,6,12H2,1-3H3,(H,26,27). The fraction of sp³-hybridized carbons (Fsp3) is 0.250. The number of hydrogen-bond acceptors (Lipinski definition) is 6. The van der Waals surface area contributed by atoms with Crippen LogP contribution in [0.1, 0.15) is 29.3 Å². The van der Waals surface area contributed by atoms with E-state index in [0.29, 0.717) is 39.1 Å². The van der Waals surface area contributed by atoms with E-state index in [-0.39, 0.29) is 18.9 Å². The van der Waals surface area contributed by atoms with Crippen LogP contribution in [-0.4, -0.2) is 32.7 Å². The molecule has 0 bridgehead atoms. The first-order valence-electron chi connectivity index (χ1n) is 10.0. The maximum absolute atomic E-state index is 12.7. The molecule has 1 aromatic heterocycles. The minimum absolute atomic E-state index is 0.199. The normalized spacial score (nSPS) is 10.5. The third-order valence-electron chi connectivity index (χ3n) is 4.77. The molecule has 1 heterocycles. The second kappa shape index (κ2) is 11.0. The molecule has 0 atom stereocenters. The van der Waals surface area contributed by atoms with E-state index in [1.54, 1.807) is 33.3 Å². The molecule has 168 valence electrons. The van der Waals surface area contributed by atoms with Gasteiger partial charge in [-0.05, 0) is 48.7 Å². The molecule has 0 saturated carbocycles. The summed E-state index contributed by atoms with van der Waals surface area (Å²) in [5, 5.41) is 5.77. The fourth-order valence-electron chi connectivity index (χ4n) is 3.18. The third-order valence-corrected chi connectivity index (χ3v) is 5.91. The largest absolute Gasteiger partial charge is 0.493 e. The molecular formula is C24H24ClNO5S. The van der Waals surface area contributed by atoms with Crippen LogP contribution in [0.5, 0.6) is 11.5 Å². The highest BCUT2D eigenvalue weighted by atomic mass is 35.5. The molecule has 1 amide bonds. The number of benzene rings is 2. The van der Waals surface area contributed by atoms with E-state index in [0.717, 1.165) is 11.1 Å². The van der Waals surface area contributed by atoms with Gasteiger partial charge in [0.1, 0.15) is 10.6 Å². The molecule has 0 radical (unpaired) electrons. The van der Waals surface area contributed by atoms with Gasteiger partial charge in [0.2, 0.25) is 5.91 Å². The van der Waals surface area contributed by atoms with E-state index in [2.05, 4.69) is 5.32 Å². The average Bonchev–Trinajstić information content (AvgIpc) is 3.21. The van der Waals surface area contributed by atoms with Crippen LogP contribution in [0.4, 0.5) is 5.00 Å². The predicted octanol–water partition coefficient (Wildman–Crippen LogP) is 5.83. The minimum atomic E-state index is -0.478. The van der Waals surface area contributed by atoms with Crippen LogP contribution in [0.2, 0.25) is 5.02 Å². The number of halogens is 1. The van der Waals surface area contributed by atoms with Crippen molar-refractivity contribution in [1.29, 1.82) is 0 Å². The van der Waals surface area contributed by atoms with E-state index < -0.39 is 5.97 Å². The lowest BCUT2D eigenvalue weighted by atomic mass is 10.0. The lowest BCUT2D eigenvalue weighted by Crippen LogP contribution is -2.15. The van der Waals surface area contributed by atoms with Gasteiger partial charge < -0.3 is 19.5 Å².